The lowest BCUT2D eigenvalue weighted by Crippen LogP contribution is -2.21. The summed E-state index contributed by atoms with van der Waals surface area (Å²) in [6, 6.07) is 0.795. The van der Waals surface area contributed by atoms with Gasteiger partial charge in [0.25, 0.3) is 0 Å². The first-order chi connectivity index (χ1) is 6.06. The molecule has 1 aromatic carbocycles. The maximum atomic E-state index is 12.8. The fourth-order valence-electron chi connectivity index (χ4n) is 0.996. The third-order valence-electron chi connectivity index (χ3n) is 1.71. The molecule has 0 bridgehead atoms. The molecule has 1 rings (SSSR count). The number of halogens is 2. The molecule has 0 aliphatic rings. The van der Waals surface area contributed by atoms with E-state index < -0.39 is 23.4 Å². The van der Waals surface area contributed by atoms with E-state index in [1.54, 1.807) is 0 Å². The molecule has 3 nitrogen and oxygen atoms in total. The lowest BCUT2D eigenvalue weighted by molar-refractivity contribution is 0.416. The van der Waals surface area contributed by atoms with Crippen molar-refractivity contribution in [3.05, 3.63) is 29.3 Å². The Morgan fingerprint density at radius 3 is 2.54 bits per heavy atom. The van der Waals surface area contributed by atoms with Crippen LogP contribution in [0.5, 0.6) is 5.75 Å². The molecule has 1 aromatic rings. The summed E-state index contributed by atoms with van der Waals surface area (Å²) in [6.45, 7) is 0.0104. The number of phenolic OH excluding ortho intramolecular Hbond substituents is 1. The minimum absolute atomic E-state index is 0.0104. The molecule has 0 amide bonds. The molecular formula is C8H10F2N2O. The molecular weight excluding hydrogens is 178 g/mol. The third-order valence-corrected chi connectivity index (χ3v) is 1.71. The predicted molar refractivity (Wildman–Crippen MR) is 44.0 cm³/mol. The summed E-state index contributed by atoms with van der Waals surface area (Å²) in [4.78, 5) is 0. The van der Waals surface area contributed by atoms with E-state index in [0.717, 1.165) is 6.07 Å². The van der Waals surface area contributed by atoms with Crippen LogP contribution < -0.4 is 11.5 Å². The lowest BCUT2D eigenvalue weighted by Gasteiger charge is -2.11. The Morgan fingerprint density at radius 1 is 1.38 bits per heavy atom. The van der Waals surface area contributed by atoms with Crippen LogP contribution in [0.3, 0.4) is 0 Å². The van der Waals surface area contributed by atoms with Gasteiger partial charge in [-0.3, -0.25) is 0 Å². The Hall–Kier alpha value is -1.20. The third kappa shape index (κ3) is 1.93. The maximum absolute atomic E-state index is 12.8. The number of hydrogen-bond donors (Lipinski definition) is 3. The van der Waals surface area contributed by atoms with Gasteiger partial charge in [0.2, 0.25) is 0 Å². The molecule has 0 aromatic heterocycles. The summed E-state index contributed by atoms with van der Waals surface area (Å²) in [6.07, 6.45) is 0. The number of nitrogens with two attached hydrogens (primary N) is 2. The fourth-order valence-corrected chi connectivity index (χ4v) is 0.996. The van der Waals surface area contributed by atoms with E-state index in [0.29, 0.717) is 6.07 Å². The number of hydrogen-bond acceptors (Lipinski definition) is 3. The molecule has 0 spiro atoms. The second-order valence-corrected chi connectivity index (χ2v) is 2.67. The summed E-state index contributed by atoms with van der Waals surface area (Å²) < 4.78 is 25.4. The van der Waals surface area contributed by atoms with Crippen LogP contribution in [0.1, 0.15) is 11.6 Å². The van der Waals surface area contributed by atoms with Crippen LogP contribution in [-0.2, 0) is 0 Å². The van der Waals surface area contributed by atoms with Crippen molar-refractivity contribution >= 4 is 0 Å². The van der Waals surface area contributed by atoms with Crippen LogP contribution in [0.4, 0.5) is 8.78 Å². The molecule has 0 heterocycles. The van der Waals surface area contributed by atoms with Gasteiger partial charge in [-0.2, -0.15) is 0 Å². The second-order valence-electron chi connectivity index (χ2n) is 2.67. The average molecular weight is 188 g/mol. The molecule has 5 N–H and O–H groups in total. The molecule has 0 aliphatic carbocycles. The Labute approximate surface area is 74.0 Å². The van der Waals surface area contributed by atoms with Gasteiger partial charge in [-0.05, 0) is 6.07 Å². The van der Waals surface area contributed by atoms with E-state index >= 15 is 0 Å². The van der Waals surface area contributed by atoms with Crippen LogP contribution in [-0.4, -0.2) is 11.7 Å². The molecule has 0 radical (unpaired) electrons. The van der Waals surface area contributed by atoms with Crippen LogP contribution in [0.2, 0.25) is 0 Å². The van der Waals surface area contributed by atoms with E-state index in [9.17, 15) is 8.78 Å². The lowest BCUT2D eigenvalue weighted by atomic mass is 10.1. The maximum Gasteiger partial charge on any atom is 0.168 e. The first kappa shape index (κ1) is 9.88. The van der Waals surface area contributed by atoms with Crippen LogP contribution >= 0.6 is 0 Å². The average Bonchev–Trinajstić information content (AvgIpc) is 2.10. The van der Waals surface area contributed by atoms with Crippen molar-refractivity contribution in [1.29, 1.82) is 0 Å². The summed E-state index contributed by atoms with van der Waals surface area (Å²) in [5.74, 6) is -2.45. The van der Waals surface area contributed by atoms with Crippen LogP contribution in [0.15, 0.2) is 12.1 Å². The first-order valence-electron chi connectivity index (χ1n) is 3.69. The van der Waals surface area contributed by atoms with Gasteiger partial charge in [0.1, 0.15) is 5.82 Å². The summed E-state index contributed by atoms with van der Waals surface area (Å²) in [5.41, 5.74) is 10.6. The highest BCUT2D eigenvalue weighted by Crippen LogP contribution is 2.26. The molecule has 0 fully saturated rings. The van der Waals surface area contributed by atoms with E-state index in [2.05, 4.69) is 0 Å². The molecule has 13 heavy (non-hydrogen) atoms. The highest BCUT2D eigenvalue weighted by molar-refractivity contribution is 5.36. The van der Waals surface area contributed by atoms with Crippen molar-refractivity contribution in [1.82, 2.24) is 0 Å². The zero-order chi connectivity index (χ0) is 10.0. The van der Waals surface area contributed by atoms with Gasteiger partial charge >= 0.3 is 0 Å². The van der Waals surface area contributed by atoms with Crippen LogP contribution in [0, 0.1) is 11.6 Å². The van der Waals surface area contributed by atoms with Crippen LogP contribution in [0.25, 0.3) is 0 Å². The van der Waals surface area contributed by atoms with Gasteiger partial charge in [-0.25, -0.2) is 8.78 Å². The van der Waals surface area contributed by atoms with Gasteiger partial charge in [0, 0.05) is 24.2 Å². The number of aromatic hydroxyl groups is 1. The molecule has 72 valence electrons. The standard InChI is InChI=1S/C8H10F2N2O/c9-4-1-5(7(12)3-11)8(13)6(10)2-4/h1-2,7,13H,3,11-12H2/t7-/m1/s1. The van der Waals surface area contributed by atoms with Crippen molar-refractivity contribution in [2.24, 2.45) is 11.5 Å². The Balaban J connectivity index is 3.20. The minimum Gasteiger partial charge on any atom is -0.505 e. The summed E-state index contributed by atoms with van der Waals surface area (Å²) in [7, 11) is 0. The smallest absolute Gasteiger partial charge is 0.168 e. The van der Waals surface area contributed by atoms with E-state index in [-0.39, 0.29) is 12.1 Å². The topological polar surface area (TPSA) is 72.3 Å². The van der Waals surface area contributed by atoms with Crippen molar-refractivity contribution in [3.63, 3.8) is 0 Å². The van der Waals surface area contributed by atoms with Crippen molar-refractivity contribution < 1.29 is 13.9 Å². The second kappa shape index (κ2) is 3.68. The Morgan fingerprint density at radius 2 is 2.00 bits per heavy atom. The van der Waals surface area contributed by atoms with Gasteiger partial charge in [0.05, 0.1) is 0 Å². The molecule has 0 saturated carbocycles. The van der Waals surface area contributed by atoms with Gasteiger partial charge < -0.3 is 16.6 Å². The SMILES string of the molecule is NC[C@@H](N)c1cc(F)cc(F)c1O. The summed E-state index contributed by atoms with van der Waals surface area (Å²) in [5, 5.41) is 9.15. The first-order valence-corrected chi connectivity index (χ1v) is 3.69. The fraction of sp³-hybridized carbons (Fsp3) is 0.250. The molecule has 0 unspecified atom stereocenters. The van der Waals surface area contributed by atoms with Gasteiger partial charge in [-0.15, -0.1) is 0 Å². The van der Waals surface area contributed by atoms with Gasteiger partial charge in [0.15, 0.2) is 11.6 Å². The molecule has 0 saturated heterocycles. The van der Waals surface area contributed by atoms with E-state index in [1.807, 2.05) is 0 Å². The van der Waals surface area contributed by atoms with E-state index in [1.165, 1.54) is 0 Å². The largest absolute Gasteiger partial charge is 0.505 e. The molecule has 1 atom stereocenters. The van der Waals surface area contributed by atoms with E-state index in [4.69, 9.17) is 16.6 Å². The Bertz CT molecular complexity index is 317. The van der Waals surface area contributed by atoms with Crippen molar-refractivity contribution in [2.75, 3.05) is 6.54 Å². The normalized spacial score (nSPS) is 12.9. The quantitative estimate of drug-likeness (QED) is 0.637. The minimum atomic E-state index is -1.03. The highest BCUT2D eigenvalue weighted by Gasteiger charge is 2.14. The summed E-state index contributed by atoms with van der Waals surface area (Å²) >= 11 is 0. The monoisotopic (exact) mass is 188 g/mol. The predicted octanol–water partition coefficient (Wildman–Crippen LogP) is 0.629. The number of phenols is 1. The van der Waals surface area contributed by atoms with Gasteiger partial charge in [-0.1, -0.05) is 0 Å². The zero-order valence-electron chi connectivity index (χ0n) is 6.80. The molecule has 0 aliphatic heterocycles. The number of benzene rings is 1. The van der Waals surface area contributed by atoms with Crippen molar-refractivity contribution in [2.45, 2.75) is 6.04 Å². The zero-order valence-corrected chi connectivity index (χ0v) is 6.80. The number of rotatable bonds is 2. The Kier molecular flexibility index (Phi) is 2.79. The highest BCUT2D eigenvalue weighted by atomic mass is 19.1. The molecule has 5 heteroatoms. The van der Waals surface area contributed by atoms with Crippen molar-refractivity contribution in [3.8, 4) is 5.75 Å².